The fourth-order valence-corrected chi connectivity index (χ4v) is 4.19. The van der Waals surface area contributed by atoms with Gasteiger partial charge in [-0.2, -0.15) is 5.26 Å². The van der Waals surface area contributed by atoms with Crippen LogP contribution in [0.15, 0.2) is 82.6 Å². The first-order valence-corrected chi connectivity index (χ1v) is 12.0. The summed E-state index contributed by atoms with van der Waals surface area (Å²) in [6.07, 6.45) is 1.28. The number of sulfone groups is 1. The van der Waals surface area contributed by atoms with E-state index in [0.717, 1.165) is 5.56 Å². The van der Waals surface area contributed by atoms with E-state index in [0.29, 0.717) is 29.4 Å². The van der Waals surface area contributed by atoms with Crippen molar-refractivity contribution < 1.29 is 22.7 Å². The maximum atomic E-state index is 12.9. The van der Waals surface area contributed by atoms with Crippen LogP contribution in [0.3, 0.4) is 0 Å². The third kappa shape index (κ3) is 6.24. The number of carbonyl (C=O) groups is 1. The van der Waals surface area contributed by atoms with Crippen LogP contribution in [0, 0.1) is 18.3 Å². The third-order valence-electron chi connectivity index (χ3n) is 4.71. The van der Waals surface area contributed by atoms with E-state index < -0.39 is 14.7 Å². The summed E-state index contributed by atoms with van der Waals surface area (Å²) in [6, 6.07) is 21.8. The van der Waals surface area contributed by atoms with Gasteiger partial charge >= 0.3 is 0 Å². The Bertz CT molecular complexity index is 1330. The predicted molar refractivity (Wildman–Crippen MR) is 130 cm³/mol. The third-order valence-corrected chi connectivity index (χ3v) is 6.39. The first kappa shape index (κ1) is 24.6. The van der Waals surface area contributed by atoms with Gasteiger partial charge in [-0.3, -0.25) is 4.79 Å². The number of benzene rings is 3. The van der Waals surface area contributed by atoms with Gasteiger partial charge in [0.15, 0.2) is 18.1 Å². The van der Waals surface area contributed by atoms with Crippen molar-refractivity contribution in [2.24, 2.45) is 0 Å². The minimum atomic E-state index is -3.98. The molecule has 3 rings (SSSR count). The van der Waals surface area contributed by atoms with Crippen LogP contribution in [-0.4, -0.2) is 27.5 Å². The Balaban J connectivity index is 1.81. The molecule has 174 valence electrons. The van der Waals surface area contributed by atoms with Crippen molar-refractivity contribution in [3.05, 3.63) is 88.8 Å². The highest BCUT2D eigenvalue weighted by atomic mass is 32.2. The molecule has 0 saturated carbocycles. The number of hydrogen-bond acceptors (Lipinski definition) is 6. The van der Waals surface area contributed by atoms with Gasteiger partial charge in [-0.1, -0.05) is 42.0 Å². The molecule has 0 fully saturated rings. The molecule has 1 N–H and O–H groups in total. The summed E-state index contributed by atoms with van der Waals surface area (Å²) < 4.78 is 37.0. The second-order valence-electron chi connectivity index (χ2n) is 7.28. The van der Waals surface area contributed by atoms with Gasteiger partial charge in [-0.25, -0.2) is 8.42 Å². The molecule has 34 heavy (non-hydrogen) atoms. The highest BCUT2D eigenvalue weighted by Crippen LogP contribution is 2.30. The van der Waals surface area contributed by atoms with Crippen molar-refractivity contribution in [1.82, 2.24) is 0 Å². The Labute approximate surface area is 199 Å². The number of allylic oxidation sites excluding steroid dienone is 1. The van der Waals surface area contributed by atoms with Crippen molar-refractivity contribution in [1.29, 1.82) is 5.26 Å². The van der Waals surface area contributed by atoms with E-state index in [-0.39, 0.29) is 17.4 Å². The second kappa shape index (κ2) is 11.2. The number of rotatable bonds is 9. The number of para-hydroxylation sites is 1. The van der Waals surface area contributed by atoms with Crippen molar-refractivity contribution >= 4 is 27.5 Å². The molecule has 3 aromatic rings. The number of aryl methyl sites for hydroxylation is 1. The molecule has 0 saturated heterocycles. The molecular formula is C26H24N2O5S. The molecule has 0 aliphatic rings. The van der Waals surface area contributed by atoms with E-state index in [1.54, 1.807) is 55.5 Å². The molecule has 1 amide bonds. The van der Waals surface area contributed by atoms with E-state index in [2.05, 4.69) is 5.32 Å². The summed E-state index contributed by atoms with van der Waals surface area (Å²) in [7, 11) is -3.98. The predicted octanol–water partition coefficient (Wildman–Crippen LogP) is 4.75. The minimum Gasteiger partial charge on any atom is -0.490 e. The van der Waals surface area contributed by atoms with Crippen LogP contribution in [0.2, 0.25) is 0 Å². The first-order chi connectivity index (χ1) is 16.3. The summed E-state index contributed by atoms with van der Waals surface area (Å²) in [6.45, 7) is 3.72. The summed E-state index contributed by atoms with van der Waals surface area (Å²) in [5.41, 5.74) is 2.01. The summed E-state index contributed by atoms with van der Waals surface area (Å²) >= 11 is 0. The second-order valence-corrected chi connectivity index (χ2v) is 9.20. The maximum absolute atomic E-state index is 12.9. The van der Waals surface area contributed by atoms with Gasteiger partial charge in [-0.15, -0.1) is 0 Å². The zero-order valence-electron chi connectivity index (χ0n) is 18.8. The van der Waals surface area contributed by atoms with Crippen LogP contribution in [-0.2, 0) is 14.6 Å². The number of nitrogens with one attached hydrogen (secondary N) is 1. The lowest BCUT2D eigenvalue weighted by molar-refractivity contribution is -0.118. The lowest BCUT2D eigenvalue weighted by Gasteiger charge is -2.13. The van der Waals surface area contributed by atoms with Crippen molar-refractivity contribution in [3.63, 3.8) is 0 Å². The molecule has 0 heterocycles. The van der Waals surface area contributed by atoms with Gasteiger partial charge in [0.25, 0.3) is 5.91 Å². The zero-order valence-corrected chi connectivity index (χ0v) is 19.6. The molecule has 3 aromatic carbocycles. The van der Waals surface area contributed by atoms with Crippen molar-refractivity contribution in [2.45, 2.75) is 18.7 Å². The maximum Gasteiger partial charge on any atom is 0.262 e. The summed E-state index contributed by atoms with van der Waals surface area (Å²) in [5.74, 6) is 0.310. The Hall–Kier alpha value is -4.09. The van der Waals surface area contributed by atoms with E-state index >= 15 is 0 Å². The normalized spacial score (nSPS) is 11.4. The van der Waals surface area contributed by atoms with Crippen LogP contribution in [0.5, 0.6) is 11.5 Å². The monoisotopic (exact) mass is 476 g/mol. The zero-order chi connectivity index (χ0) is 24.6. The van der Waals surface area contributed by atoms with E-state index in [1.807, 2.05) is 25.1 Å². The number of amides is 1. The fraction of sp³-hybridized carbons (Fsp3) is 0.154. The Morgan fingerprint density at radius 3 is 2.35 bits per heavy atom. The van der Waals surface area contributed by atoms with Gasteiger partial charge in [0.1, 0.15) is 11.0 Å². The molecule has 0 radical (unpaired) electrons. The van der Waals surface area contributed by atoms with Gasteiger partial charge < -0.3 is 14.8 Å². The highest BCUT2D eigenvalue weighted by molar-refractivity contribution is 7.95. The molecule has 7 nitrogen and oxygen atoms in total. The van der Waals surface area contributed by atoms with Crippen molar-refractivity contribution in [2.75, 3.05) is 18.5 Å². The van der Waals surface area contributed by atoms with Crippen LogP contribution in [0.1, 0.15) is 18.1 Å². The number of hydrogen-bond donors (Lipinski definition) is 1. The van der Waals surface area contributed by atoms with E-state index in [4.69, 9.17) is 9.47 Å². The van der Waals surface area contributed by atoms with Crippen LogP contribution in [0.4, 0.5) is 5.69 Å². The molecule has 0 aromatic heterocycles. The molecule has 0 unspecified atom stereocenters. The average Bonchev–Trinajstić information content (AvgIpc) is 2.83. The number of anilines is 1. The number of ether oxygens (including phenoxy) is 2. The number of nitrogens with zero attached hydrogens (tertiary/aromatic N) is 1. The average molecular weight is 477 g/mol. The van der Waals surface area contributed by atoms with Gasteiger partial charge in [-0.05, 0) is 61.9 Å². The minimum absolute atomic E-state index is 0.0420. The van der Waals surface area contributed by atoms with E-state index in [1.165, 1.54) is 18.2 Å². The fourth-order valence-electron chi connectivity index (χ4n) is 3.03. The molecule has 0 spiro atoms. The SMILES string of the molecule is CCOc1cc(/C=C(\C#N)S(=O)(=O)c2ccc(C)cc2)ccc1OCC(=O)Nc1ccccc1. The topological polar surface area (TPSA) is 105 Å². The molecule has 0 atom stereocenters. The molecular weight excluding hydrogens is 452 g/mol. The molecule has 0 aliphatic carbocycles. The quantitative estimate of drug-likeness (QED) is 0.447. The van der Waals surface area contributed by atoms with Gasteiger partial charge in [0.05, 0.1) is 11.5 Å². The van der Waals surface area contributed by atoms with Gasteiger partial charge in [0.2, 0.25) is 9.84 Å². The molecule has 8 heteroatoms. The smallest absolute Gasteiger partial charge is 0.262 e. The largest absolute Gasteiger partial charge is 0.490 e. The number of carbonyl (C=O) groups excluding carboxylic acids is 1. The summed E-state index contributed by atoms with van der Waals surface area (Å²) in [5, 5.41) is 12.3. The Kier molecular flexibility index (Phi) is 8.06. The Morgan fingerprint density at radius 2 is 1.71 bits per heavy atom. The summed E-state index contributed by atoms with van der Waals surface area (Å²) in [4.78, 5) is 11.8. The Morgan fingerprint density at radius 1 is 1.00 bits per heavy atom. The van der Waals surface area contributed by atoms with Crippen LogP contribution < -0.4 is 14.8 Å². The lowest BCUT2D eigenvalue weighted by Crippen LogP contribution is -2.20. The first-order valence-electron chi connectivity index (χ1n) is 10.5. The van der Waals surface area contributed by atoms with Crippen LogP contribution in [0.25, 0.3) is 6.08 Å². The standard InChI is InChI=1S/C26H24N2O5S/c1-3-32-25-16-20(15-23(17-27)34(30,31)22-12-9-19(2)10-13-22)11-14-24(25)33-18-26(29)28-21-7-5-4-6-8-21/h4-16H,3,18H2,1-2H3,(H,28,29)/b23-15+. The van der Waals surface area contributed by atoms with Crippen LogP contribution >= 0.6 is 0 Å². The highest BCUT2D eigenvalue weighted by Gasteiger charge is 2.21. The van der Waals surface area contributed by atoms with Gasteiger partial charge in [0, 0.05) is 5.69 Å². The lowest BCUT2D eigenvalue weighted by atomic mass is 10.2. The molecule has 0 aliphatic heterocycles. The number of nitriles is 1. The molecule has 0 bridgehead atoms. The van der Waals surface area contributed by atoms with E-state index in [9.17, 15) is 18.5 Å². The van der Waals surface area contributed by atoms with Crippen molar-refractivity contribution in [3.8, 4) is 17.6 Å².